The standard InChI is InChI=1S/C24H15F5N6O/c1-36-14-6-7-15(17(9-14)24(27,28)29)19-8-5-13(33-34-19)11-35-12-21-20(10-30-35)31-23(32-21)16-3-2-4-18(25)22(16)26/h2-10,12H,11H2,1H3. The molecular formula is C24H15F5N6O. The van der Waals surface area contributed by atoms with Crippen LogP contribution < -0.4 is 4.74 Å². The van der Waals surface area contributed by atoms with Gasteiger partial charge in [-0.05, 0) is 42.5 Å². The van der Waals surface area contributed by atoms with Crippen LogP contribution in [0.5, 0.6) is 5.75 Å². The number of hydrogen-bond donors (Lipinski definition) is 0. The summed E-state index contributed by atoms with van der Waals surface area (Å²) in [5.74, 6) is -1.96. The van der Waals surface area contributed by atoms with Gasteiger partial charge in [0, 0.05) is 5.56 Å². The molecule has 0 spiro atoms. The second-order valence-corrected chi connectivity index (χ2v) is 7.71. The van der Waals surface area contributed by atoms with E-state index in [0.29, 0.717) is 17.1 Å². The summed E-state index contributed by atoms with van der Waals surface area (Å²) in [6.45, 7) is 0.133. The normalized spacial score (nSPS) is 11.7. The fourth-order valence-electron chi connectivity index (χ4n) is 3.61. The summed E-state index contributed by atoms with van der Waals surface area (Å²) in [6.07, 6.45) is -1.64. The Morgan fingerprint density at radius 2 is 1.69 bits per heavy atom. The molecule has 0 unspecified atom stereocenters. The second kappa shape index (κ2) is 8.95. The van der Waals surface area contributed by atoms with Gasteiger partial charge in [0.25, 0.3) is 0 Å². The first-order valence-corrected chi connectivity index (χ1v) is 10.5. The van der Waals surface area contributed by atoms with Gasteiger partial charge in [-0.15, -0.1) is 0 Å². The van der Waals surface area contributed by atoms with Crippen LogP contribution in [0.4, 0.5) is 22.0 Å². The van der Waals surface area contributed by atoms with Crippen LogP contribution in [-0.2, 0) is 12.7 Å². The summed E-state index contributed by atoms with van der Waals surface area (Å²) >= 11 is 0. The zero-order valence-electron chi connectivity index (χ0n) is 18.5. The number of alkyl halides is 3. The third-order valence-corrected chi connectivity index (χ3v) is 5.36. The molecule has 7 nitrogen and oxygen atoms in total. The molecule has 0 saturated heterocycles. The number of ether oxygens (including phenoxy) is 1. The van der Waals surface area contributed by atoms with E-state index in [4.69, 9.17) is 4.74 Å². The Labute approximate surface area is 200 Å². The molecule has 1 aromatic heterocycles. The van der Waals surface area contributed by atoms with Crippen LogP contribution in [0.2, 0.25) is 0 Å². The van der Waals surface area contributed by atoms with Crippen LogP contribution >= 0.6 is 0 Å². The molecule has 0 atom stereocenters. The Hall–Kier alpha value is -4.48. The summed E-state index contributed by atoms with van der Waals surface area (Å²) in [5, 5.41) is 12.2. The van der Waals surface area contributed by atoms with Crippen molar-refractivity contribution in [3.63, 3.8) is 0 Å². The molecule has 0 aliphatic carbocycles. The minimum atomic E-state index is -4.60. The van der Waals surface area contributed by atoms with Gasteiger partial charge in [-0.3, -0.25) is 4.68 Å². The number of rotatable bonds is 5. The SMILES string of the molecule is COc1ccc(-c2ccc(Cn3cc4nc(-c5cccc(F)c5F)nc-4cn3)nn2)c(C(F)(F)F)c1. The Kier molecular flexibility index (Phi) is 5.78. The van der Waals surface area contributed by atoms with Gasteiger partial charge in [0.15, 0.2) is 17.5 Å². The molecule has 0 fully saturated rings. The Morgan fingerprint density at radius 1 is 0.889 bits per heavy atom. The Morgan fingerprint density at radius 3 is 2.42 bits per heavy atom. The van der Waals surface area contributed by atoms with Crippen molar-refractivity contribution in [1.82, 2.24) is 29.9 Å². The molecule has 12 heteroatoms. The van der Waals surface area contributed by atoms with Crippen molar-refractivity contribution in [2.45, 2.75) is 12.7 Å². The second-order valence-electron chi connectivity index (χ2n) is 7.71. The van der Waals surface area contributed by atoms with Crippen molar-refractivity contribution in [1.29, 1.82) is 0 Å². The molecule has 2 aliphatic heterocycles. The van der Waals surface area contributed by atoms with Gasteiger partial charge in [0.1, 0.15) is 17.1 Å². The smallest absolute Gasteiger partial charge is 0.417 e. The predicted octanol–water partition coefficient (Wildman–Crippen LogP) is 5.26. The minimum Gasteiger partial charge on any atom is -0.497 e. The highest BCUT2D eigenvalue weighted by atomic mass is 19.4. The first-order chi connectivity index (χ1) is 17.2. The molecule has 0 N–H and O–H groups in total. The monoisotopic (exact) mass is 498 g/mol. The lowest BCUT2D eigenvalue weighted by atomic mass is 10.0. The predicted molar refractivity (Wildman–Crippen MR) is 118 cm³/mol. The van der Waals surface area contributed by atoms with Crippen molar-refractivity contribution < 1.29 is 26.7 Å². The van der Waals surface area contributed by atoms with Crippen molar-refractivity contribution in [2.75, 3.05) is 7.11 Å². The topological polar surface area (TPSA) is 78.6 Å². The van der Waals surface area contributed by atoms with E-state index in [1.165, 1.54) is 54.4 Å². The number of aromatic nitrogens is 6. The van der Waals surface area contributed by atoms with Gasteiger partial charge in [-0.25, -0.2) is 18.7 Å². The van der Waals surface area contributed by atoms with Gasteiger partial charge in [-0.1, -0.05) is 6.07 Å². The highest BCUT2D eigenvalue weighted by molar-refractivity contribution is 5.66. The molecule has 182 valence electrons. The Bertz CT molecular complexity index is 1520. The van der Waals surface area contributed by atoms with Gasteiger partial charge >= 0.3 is 6.18 Å². The van der Waals surface area contributed by atoms with E-state index in [0.717, 1.165) is 12.1 Å². The molecule has 5 rings (SSSR count). The van der Waals surface area contributed by atoms with Crippen LogP contribution in [0, 0.1) is 11.6 Å². The average molecular weight is 498 g/mol. The van der Waals surface area contributed by atoms with Crippen LogP contribution in [0.25, 0.3) is 34.0 Å². The number of benzene rings is 2. The highest BCUT2D eigenvalue weighted by Crippen LogP contribution is 2.38. The molecule has 0 saturated carbocycles. The zero-order valence-corrected chi connectivity index (χ0v) is 18.5. The summed E-state index contributed by atoms with van der Waals surface area (Å²) in [4.78, 5) is 8.45. The number of imidazole rings is 1. The lowest BCUT2D eigenvalue weighted by molar-refractivity contribution is -0.137. The first kappa shape index (κ1) is 23.3. The fraction of sp³-hybridized carbons (Fsp3) is 0.125. The molecule has 3 heterocycles. The molecule has 0 bridgehead atoms. The number of nitrogens with zero attached hydrogens (tertiary/aromatic N) is 6. The van der Waals surface area contributed by atoms with Gasteiger partial charge in [0.2, 0.25) is 0 Å². The van der Waals surface area contributed by atoms with Crippen LogP contribution in [0.15, 0.2) is 60.9 Å². The summed E-state index contributed by atoms with van der Waals surface area (Å²) < 4.78 is 74.6. The van der Waals surface area contributed by atoms with Crippen molar-refractivity contribution in [3.05, 3.63) is 83.8 Å². The maximum atomic E-state index is 14.1. The van der Waals surface area contributed by atoms with Crippen LogP contribution in [-0.4, -0.2) is 37.1 Å². The van der Waals surface area contributed by atoms with E-state index in [1.807, 2.05) is 0 Å². The van der Waals surface area contributed by atoms with E-state index in [9.17, 15) is 22.0 Å². The van der Waals surface area contributed by atoms with E-state index >= 15 is 0 Å². The largest absolute Gasteiger partial charge is 0.497 e. The minimum absolute atomic E-state index is 0.0191. The zero-order chi connectivity index (χ0) is 25.4. The average Bonchev–Trinajstić information content (AvgIpc) is 3.28. The number of fused-ring (bicyclic) bond motifs is 1. The molecular weight excluding hydrogens is 483 g/mol. The van der Waals surface area contributed by atoms with Gasteiger partial charge < -0.3 is 4.74 Å². The van der Waals surface area contributed by atoms with Crippen molar-refractivity contribution in [2.24, 2.45) is 0 Å². The lowest BCUT2D eigenvalue weighted by Crippen LogP contribution is -2.10. The Balaban J connectivity index is 1.40. The molecule has 0 radical (unpaired) electrons. The number of hydrogen-bond acceptors (Lipinski definition) is 6. The number of halogens is 5. The molecule has 36 heavy (non-hydrogen) atoms. The molecule has 3 aromatic rings. The van der Waals surface area contributed by atoms with Crippen LogP contribution in [0.3, 0.4) is 0 Å². The maximum absolute atomic E-state index is 14.1. The van der Waals surface area contributed by atoms with E-state index < -0.39 is 23.4 Å². The highest BCUT2D eigenvalue weighted by Gasteiger charge is 2.34. The third-order valence-electron chi connectivity index (χ3n) is 5.36. The maximum Gasteiger partial charge on any atom is 0.417 e. The summed E-state index contributed by atoms with van der Waals surface area (Å²) in [6, 6.07) is 10.3. The lowest BCUT2D eigenvalue weighted by Gasteiger charge is -2.14. The third kappa shape index (κ3) is 4.44. The van der Waals surface area contributed by atoms with Gasteiger partial charge in [0.05, 0.1) is 48.6 Å². The van der Waals surface area contributed by atoms with E-state index in [2.05, 4.69) is 25.3 Å². The molecule has 0 amide bonds. The number of methoxy groups -OCH3 is 1. The molecule has 2 aliphatic rings. The van der Waals surface area contributed by atoms with Crippen molar-refractivity contribution >= 4 is 0 Å². The first-order valence-electron chi connectivity index (χ1n) is 10.5. The quantitative estimate of drug-likeness (QED) is 0.308. The molecule has 2 aromatic carbocycles. The van der Waals surface area contributed by atoms with Crippen LogP contribution in [0.1, 0.15) is 11.3 Å². The summed E-state index contributed by atoms with van der Waals surface area (Å²) in [5.41, 5.74) is 0.159. The van der Waals surface area contributed by atoms with Gasteiger partial charge in [-0.2, -0.15) is 28.5 Å². The fourth-order valence-corrected chi connectivity index (χ4v) is 3.61. The van der Waals surface area contributed by atoms with E-state index in [1.54, 1.807) is 6.20 Å². The van der Waals surface area contributed by atoms with Crippen molar-refractivity contribution in [3.8, 4) is 39.8 Å². The summed E-state index contributed by atoms with van der Waals surface area (Å²) in [7, 11) is 1.29. The van der Waals surface area contributed by atoms with E-state index in [-0.39, 0.29) is 34.9 Å².